The quantitative estimate of drug-likeness (QED) is 0.256. The number of hydrogen-bond donors (Lipinski definition) is 2. The molecule has 0 fully saturated rings. The number of nitrogens with one attached hydrogen (secondary N) is 2. The third-order valence-electron chi connectivity index (χ3n) is 3.70. The van der Waals surface area contributed by atoms with Gasteiger partial charge < -0.3 is 5.32 Å². The van der Waals surface area contributed by atoms with Crippen LogP contribution in [0.25, 0.3) is 6.08 Å². The first-order valence-electron chi connectivity index (χ1n) is 8.66. The zero-order chi connectivity index (χ0) is 21.5. The van der Waals surface area contributed by atoms with E-state index in [4.69, 9.17) is 23.2 Å². The van der Waals surface area contributed by atoms with Crippen molar-refractivity contribution in [2.24, 2.45) is 0 Å². The number of hydrogen-bond acceptors (Lipinski definition) is 6. The Morgan fingerprint density at radius 2 is 1.77 bits per heavy atom. The van der Waals surface area contributed by atoms with Crippen LogP contribution in [0.15, 0.2) is 52.9 Å². The first-order chi connectivity index (χ1) is 14.4. The largest absolute Gasteiger partial charge is 0.326 e. The summed E-state index contributed by atoms with van der Waals surface area (Å²) >= 11 is 15.1. The molecule has 0 bridgehead atoms. The van der Waals surface area contributed by atoms with Gasteiger partial charge in [0.05, 0.1) is 0 Å². The van der Waals surface area contributed by atoms with Crippen molar-refractivity contribution in [1.29, 1.82) is 0 Å². The fraction of sp³-hybridized carbons (Fsp3) is 0.100. The van der Waals surface area contributed by atoms with Crippen LogP contribution in [-0.4, -0.2) is 22.0 Å². The monoisotopic (exact) mass is 478 g/mol. The van der Waals surface area contributed by atoms with Crippen molar-refractivity contribution in [2.75, 3.05) is 10.6 Å². The van der Waals surface area contributed by atoms with Gasteiger partial charge in [-0.05, 0) is 41.5 Å². The zero-order valence-electron chi connectivity index (χ0n) is 15.7. The molecule has 1 aromatic heterocycles. The summed E-state index contributed by atoms with van der Waals surface area (Å²) in [6.07, 6.45) is 3.08. The van der Waals surface area contributed by atoms with E-state index in [0.717, 1.165) is 11.1 Å². The molecular weight excluding hydrogens is 463 g/mol. The van der Waals surface area contributed by atoms with Crippen molar-refractivity contribution in [2.45, 2.75) is 17.0 Å². The Balaban J connectivity index is 1.53. The van der Waals surface area contributed by atoms with Crippen LogP contribution in [0.5, 0.6) is 0 Å². The summed E-state index contributed by atoms with van der Waals surface area (Å²) in [5.74, 6) is 0.0974. The molecule has 1 heterocycles. The highest BCUT2D eigenvalue weighted by molar-refractivity contribution is 8.00. The van der Waals surface area contributed by atoms with Crippen LogP contribution in [-0.2, 0) is 15.3 Å². The number of carbonyl (C=O) groups is 2. The summed E-state index contributed by atoms with van der Waals surface area (Å²) in [5.41, 5.74) is 2.35. The van der Waals surface area contributed by atoms with E-state index >= 15 is 0 Å². The molecule has 2 aromatic carbocycles. The van der Waals surface area contributed by atoms with Gasteiger partial charge in [0.25, 0.3) is 0 Å². The number of aromatic nitrogens is 2. The van der Waals surface area contributed by atoms with E-state index in [1.54, 1.807) is 48.5 Å². The van der Waals surface area contributed by atoms with Gasteiger partial charge >= 0.3 is 0 Å². The van der Waals surface area contributed by atoms with E-state index in [9.17, 15) is 9.59 Å². The van der Waals surface area contributed by atoms with Crippen LogP contribution in [0.3, 0.4) is 0 Å². The molecule has 3 aromatic rings. The summed E-state index contributed by atoms with van der Waals surface area (Å²) in [6, 6.07) is 12.5. The summed E-state index contributed by atoms with van der Waals surface area (Å²) in [7, 11) is 0. The fourth-order valence-corrected chi connectivity index (χ4v) is 4.82. The van der Waals surface area contributed by atoms with Gasteiger partial charge in [0, 0.05) is 34.5 Å². The molecule has 0 aliphatic carbocycles. The molecule has 0 radical (unpaired) electrons. The van der Waals surface area contributed by atoms with Crippen molar-refractivity contribution in [3.63, 3.8) is 0 Å². The molecule has 0 aliphatic heterocycles. The van der Waals surface area contributed by atoms with Crippen LogP contribution in [0.4, 0.5) is 10.8 Å². The fourth-order valence-electron chi connectivity index (χ4n) is 2.32. The SMILES string of the molecule is CC(=O)Nc1ccc(/C=C/C(=O)Nc2nnc(SCc3c(Cl)cccc3Cl)s2)cc1. The Labute approximate surface area is 191 Å². The van der Waals surface area contributed by atoms with E-state index in [1.807, 2.05) is 0 Å². The van der Waals surface area contributed by atoms with Crippen molar-refractivity contribution < 1.29 is 9.59 Å². The van der Waals surface area contributed by atoms with Crippen LogP contribution in [0, 0.1) is 0 Å². The standard InChI is InChI=1S/C20H16Cl2N4O2S2/c1-12(27)23-14-8-5-13(6-9-14)7-10-18(28)24-19-25-26-20(30-19)29-11-15-16(21)3-2-4-17(15)22/h2-10H,11H2,1H3,(H,23,27)(H,24,25,28)/b10-7+. The molecule has 0 saturated carbocycles. The van der Waals surface area contributed by atoms with Gasteiger partial charge in [0.2, 0.25) is 16.9 Å². The molecule has 0 unspecified atom stereocenters. The van der Waals surface area contributed by atoms with Crippen molar-refractivity contribution in [3.05, 3.63) is 69.7 Å². The maximum absolute atomic E-state index is 12.1. The third kappa shape index (κ3) is 6.56. The average molecular weight is 479 g/mol. The number of thioether (sulfide) groups is 1. The van der Waals surface area contributed by atoms with Gasteiger partial charge in [-0.15, -0.1) is 10.2 Å². The minimum atomic E-state index is -0.317. The van der Waals surface area contributed by atoms with Crippen LogP contribution in [0.1, 0.15) is 18.1 Å². The Morgan fingerprint density at radius 1 is 1.07 bits per heavy atom. The summed E-state index contributed by atoms with van der Waals surface area (Å²) < 4.78 is 0.693. The topological polar surface area (TPSA) is 84.0 Å². The molecule has 2 N–H and O–H groups in total. The van der Waals surface area contributed by atoms with Crippen LogP contribution in [0.2, 0.25) is 10.0 Å². The highest BCUT2D eigenvalue weighted by Crippen LogP contribution is 2.33. The molecule has 0 atom stereocenters. The van der Waals surface area contributed by atoms with Gasteiger partial charge in [0.1, 0.15) is 0 Å². The van der Waals surface area contributed by atoms with Crippen LogP contribution >= 0.6 is 46.3 Å². The second kappa shape index (κ2) is 10.6. The predicted octanol–water partition coefficient (Wildman–Crippen LogP) is 5.75. The van der Waals surface area contributed by atoms with Gasteiger partial charge in [-0.2, -0.15) is 0 Å². The zero-order valence-corrected chi connectivity index (χ0v) is 18.8. The normalized spacial score (nSPS) is 10.9. The van der Waals surface area contributed by atoms with E-state index in [-0.39, 0.29) is 11.8 Å². The molecule has 10 heteroatoms. The highest BCUT2D eigenvalue weighted by atomic mass is 35.5. The minimum absolute atomic E-state index is 0.137. The second-order valence-corrected chi connectivity index (χ2v) is 9.00. The molecule has 0 aliphatic rings. The summed E-state index contributed by atoms with van der Waals surface area (Å²) in [5, 5.41) is 15.0. The first kappa shape index (κ1) is 22.3. The predicted molar refractivity (Wildman–Crippen MR) is 124 cm³/mol. The number of nitrogens with zero attached hydrogens (tertiary/aromatic N) is 2. The number of benzene rings is 2. The molecule has 2 amide bonds. The van der Waals surface area contributed by atoms with Crippen molar-refractivity contribution in [1.82, 2.24) is 10.2 Å². The number of amides is 2. The average Bonchev–Trinajstić information content (AvgIpc) is 3.14. The number of anilines is 2. The van der Waals surface area contributed by atoms with Gasteiger partial charge in [0.15, 0.2) is 4.34 Å². The maximum Gasteiger partial charge on any atom is 0.250 e. The molecule has 0 saturated heterocycles. The lowest BCUT2D eigenvalue weighted by Gasteiger charge is -2.04. The second-order valence-electron chi connectivity index (χ2n) is 5.99. The third-order valence-corrected chi connectivity index (χ3v) is 6.40. The van der Waals surface area contributed by atoms with Crippen molar-refractivity contribution >= 4 is 75.0 Å². The van der Waals surface area contributed by atoms with E-state index in [2.05, 4.69) is 20.8 Å². The number of carbonyl (C=O) groups excluding carboxylic acids is 2. The van der Waals surface area contributed by atoms with Gasteiger partial charge in [-0.1, -0.05) is 64.5 Å². The molecule has 6 nitrogen and oxygen atoms in total. The summed E-state index contributed by atoms with van der Waals surface area (Å²) in [6.45, 7) is 1.45. The van der Waals surface area contributed by atoms with Crippen LogP contribution < -0.4 is 10.6 Å². The van der Waals surface area contributed by atoms with Crippen molar-refractivity contribution in [3.8, 4) is 0 Å². The van der Waals surface area contributed by atoms with E-state index < -0.39 is 0 Å². The summed E-state index contributed by atoms with van der Waals surface area (Å²) in [4.78, 5) is 23.1. The number of rotatable bonds is 7. The molecular formula is C20H16Cl2N4O2S2. The van der Waals surface area contributed by atoms with E-state index in [1.165, 1.54) is 36.1 Å². The van der Waals surface area contributed by atoms with Gasteiger partial charge in [-0.3, -0.25) is 14.9 Å². The Morgan fingerprint density at radius 3 is 2.43 bits per heavy atom. The molecule has 0 spiro atoms. The highest BCUT2D eigenvalue weighted by Gasteiger charge is 2.10. The minimum Gasteiger partial charge on any atom is -0.326 e. The lowest BCUT2D eigenvalue weighted by molar-refractivity contribution is -0.114. The lowest BCUT2D eigenvalue weighted by Crippen LogP contribution is -2.07. The Bertz CT molecular complexity index is 1060. The Hall–Kier alpha value is -2.39. The smallest absolute Gasteiger partial charge is 0.250 e. The Kier molecular flexibility index (Phi) is 7.87. The molecule has 30 heavy (non-hydrogen) atoms. The molecule has 3 rings (SSSR count). The lowest BCUT2D eigenvalue weighted by atomic mass is 10.2. The van der Waals surface area contributed by atoms with E-state index in [0.29, 0.717) is 31.0 Å². The van der Waals surface area contributed by atoms with Gasteiger partial charge in [-0.25, -0.2) is 0 Å². The molecule has 154 valence electrons. The number of halogens is 2. The maximum atomic E-state index is 12.1. The first-order valence-corrected chi connectivity index (χ1v) is 11.2.